The second-order valence-electron chi connectivity index (χ2n) is 9.01. The molecule has 2 N–H and O–H groups in total. The standard InChI is InChI=1S/C23H30N8O11/c1-15-24-13-17(30(39)40)26(15)9-11-28(19(32)5-3-7-21(34)35)23(38)29(20(33)6-4-8-22(36)37)12-10-27-16(2)25-14-18(27)31(41)42/h13-14H,3-12H2,1-2H3,(H,34,35)(H,36,37). The van der Waals surface area contributed by atoms with Gasteiger partial charge in [-0.15, -0.1) is 0 Å². The molecule has 0 radical (unpaired) electrons. The summed E-state index contributed by atoms with van der Waals surface area (Å²) in [5.41, 5.74) is 0. The van der Waals surface area contributed by atoms with E-state index in [1.165, 1.54) is 13.8 Å². The highest BCUT2D eigenvalue weighted by atomic mass is 16.6. The van der Waals surface area contributed by atoms with Crippen LogP contribution >= 0.6 is 0 Å². The van der Waals surface area contributed by atoms with Crippen molar-refractivity contribution in [3.63, 3.8) is 0 Å². The molecule has 4 amide bonds. The minimum Gasteiger partial charge on any atom is -0.481 e. The topological polar surface area (TPSA) is 254 Å². The Hall–Kier alpha value is -5.23. The third-order valence-electron chi connectivity index (χ3n) is 6.16. The molecule has 228 valence electrons. The summed E-state index contributed by atoms with van der Waals surface area (Å²) in [5, 5.41) is 40.6. The molecule has 19 nitrogen and oxygen atoms in total. The normalized spacial score (nSPS) is 10.7. The minimum absolute atomic E-state index is 0.144. The molecule has 0 aliphatic rings. The number of rotatable bonds is 16. The van der Waals surface area contributed by atoms with Crippen molar-refractivity contribution in [2.45, 2.75) is 65.5 Å². The van der Waals surface area contributed by atoms with E-state index in [0.29, 0.717) is 9.80 Å². The second-order valence-corrected chi connectivity index (χ2v) is 9.01. The van der Waals surface area contributed by atoms with Crippen molar-refractivity contribution in [3.8, 4) is 0 Å². The van der Waals surface area contributed by atoms with Gasteiger partial charge in [0.05, 0.1) is 13.1 Å². The number of aryl methyl sites for hydroxylation is 2. The summed E-state index contributed by atoms with van der Waals surface area (Å²) in [4.78, 5) is 92.2. The SMILES string of the molecule is Cc1ncc([N+](=O)[O-])n1CCN(C(=O)CCCC(=O)O)C(=O)N(CCn1c([N+](=O)[O-])cnc1C)C(=O)CCCC(=O)O. The maximum atomic E-state index is 13.7. The lowest BCUT2D eigenvalue weighted by Gasteiger charge is -2.28. The Kier molecular flexibility index (Phi) is 11.7. The Bertz CT molecular complexity index is 1270. The molecule has 42 heavy (non-hydrogen) atoms. The summed E-state index contributed by atoms with van der Waals surface area (Å²) in [6, 6.07) is -1.16. The van der Waals surface area contributed by atoms with E-state index in [-0.39, 0.29) is 50.4 Å². The van der Waals surface area contributed by atoms with E-state index in [9.17, 15) is 44.2 Å². The molecule has 2 heterocycles. The molecule has 0 spiro atoms. The summed E-state index contributed by atoms with van der Waals surface area (Å²) in [6.07, 6.45) is 0.114. The van der Waals surface area contributed by atoms with Crippen LogP contribution in [0.3, 0.4) is 0 Å². The van der Waals surface area contributed by atoms with Crippen LogP contribution < -0.4 is 0 Å². The predicted octanol–water partition coefficient (Wildman–Crippen LogP) is 1.50. The zero-order valence-electron chi connectivity index (χ0n) is 22.9. The maximum absolute atomic E-state index is 13.7. The fourth-order valence-electron chi connectivity index (χ4n) is 4.01. The molecule has 19 heteroatoms. The van der Waals surface area contributed by atoms with Crippen molar-refractivity contribution >= 4 is 41.4 Å². The fraction of sp³-hybridized carbons (Fsp3) is 0.522. The molecule has 0 unspecified atom stereocenters. The smallest absolute Gasteiger partial charge is 0.342 e. The second kappa shape index (κ2) is 15.0. The average Bonchev–Trinajstić information content (AvgIpc) is 3.46. The van der Waals surface area contributed by atoms with E-state index in [1.807, 2.05) is 0 Å². The van der Waals surface area contributed by atoms with E-state index in [4.69, 9.17) is 10.2 Å². The van der Waals surface area contributed by atoms with Crippen molar-refractivity contribution in [2.75, 3.05) is 13.1 Å². The van der Waals surface area contributed by atoms with Crippen LogP contribution in [0.1, 0.15) is 50.2 Å². The number of nitro groups is 2. The number of aromatic nitrogens is 4. The van der Waals surface area contributed by atoms with Crippen LogP contribution in [-0.4, -0.2) is 91.8 Å². The predicted molar refractivity (Wildman–Crippen MR) is 139 cm³/mol. The lowest BCUT2D eigenvalue weighted by molar-refractivity contribution is -0.392. The summed E-state index contributed by atoms with van der Waals surface area (Å²) in [7, 11) is 0. The molecule has 0 bridgehead atoms. The molecule has 0 aliphatic heterocycles. The van der Waals surface area contributed by atoms with Gasteiger partial charge in [-0.2, -0.15) is 0 Å². The molecule has 2 rings (SSSR count). The highest BCUT2D eigenvalue weighted by Crippen LogP contribution is 2.17. The quantitative estimate of drug-likeness (QED) is 0.206. The van der Waals surface area contributed by atoms with Crippen LogP contribution in [0.25, 0.3) is 0 Å². The van der Waals surface area contributed by atoms with E-state index in [1.54, 1.807) is 0 Å². The number of amides is 4. The summed E-state index contributed by atoms with van der Waals surface area (Å²) < 4.78 is 2.28. The molecular formula is C23H30N8O11. The van der Waals surface area contributed by atoms with Gasteiger partial charge in [0.1, 0.15) is 25.5 Å². The number of carboxylic acids is 2. The molecule has 0 saturated carbocycles. The number of carbonyl (C=O) groups is 5. The van der Waals surface area contributed by atoms with Crippen LogP contribution in [0.4, 0.5) is 16.4 Å². The van der Waals surface area contributed by atoms with Crippen LogP contribution in [0.15, 0.2) is 12.4 Å². The maximum Gasteiger partial charge on any atom is 0.342 e. The van der Waals surface area contributed by atoms with Gasteiger partial charge in [-0.3, -0.25) is 29.0 Å². The van der Waals surface area contributed by atoms with Gasteiger partial charge in [0, 0.05) is 39.5 Å². The number of hydrogen-bond acceptors (Lipinski definition) is 11. The number of imide groups is 2. The first kappa shape index (κ1) is 33.0. The summed E-state index contributed by atoms with van der Waals surface area (Å²) >= 11 is 0. The van der Waals surface area contributed by atoms with Gasteiger partial charge in [0.15, 0.2) is 11.6 Å². The Labute approximate surface area is 237 Å². The molecule has 2 aromatic heterocycles. The van der Waals surface area contributed by atoms with Crippen molar-refractivity contribution < 1.29 is 44.0 Å². The third-order valence-corrected chi connectivity index (χ3v) is 6.16. The molecule has 0 atom stereocenters. The first-order valence-corrected chi connectivity index (χ1v) is 12.7. The molecule has 2 aromatic rings. The molecule has 0 saturated heterocycles. The summed E-state index contributed by atoms with van der Waals surface area (Å²) in [5.74, 6) is -4.51. The highest BCUT2D eigenvalue weighted by Gasteiger charge is 2.32. The number of carbonyl (C=O) groups excluding carboxylic acids is 3. The number of aliphatic carboxylic acids is 2. The highest BCUT2D eigenvalue weighted by molar-refractivity contribution is 6.02. The number of carboxylic acid groups (broad SMARTS) is 2. The largest absolute Gasteiger partial charge is 0.481 e. The Morgan fingerprint density at radius 2 is 1.10 bits per heavy atom. The lowest BCUT2D eigenvalue weighted by atomic mass is 10.2. The Morgan fingerprint density at radius 3 is 1.40 bits per heavy atom. The number of urea groups is 1. The van der Waals surface area contributed by atoms with Gasteiger partial charge in [-0.25, -0.2) is 23.9 Å². The minimum atomic E-state index is -1.18. The first-order valence-electron chi connectivity index (χ1n) is 12.7. The number of imidazole rings is 2. The monoisotopic (exact) mass is 594 g/mol. The van der Waals surface area contributed by atoms with Crippen molar-refractivity contribution in [1.29, 1.82) is 0 Å². The van der Waals surface area contributed by atoms with Gasteiger partial charge in [-0.05, 0) is 22.7 Å². The third kappa shape index (κ3) is 8.89. The lowest BCUT2D eigenvalue weighted by Crippen LogP contribution is -2.50. The van der Waals surface area contributed by atoms with E-state index in [2.05, 4.69) is 9.97 Å². The Morgan fingerprint density at radius 1 is 0.738 bits per heavy atom. The van der Waals surface area contributed by atoms with Crippen LogP contribution in [-0.2, 0) is 32.3 Å². The fourth-order valence-corrected chi connectivity index (χ4v) is 4.01. The zero-order valence-corrected chi connectivity index (χ0v) is 22.9. The van der Waals surface area contributed by atoms with Gasteiger partial charge < -0.3 is 30.4 Å². The molecule has 0 aliphatic carbocycles. The zero-order chi connectivity index (χ0) is 31.6. The van der Waals surface area contributed by atoms with Crippen molar-refractivity contribution in [3.05, 3.63) is 44.3 Å². The molecule has 0 fully saturated rings. The van der Waals surface area contributed by atoms with Gasteiger partial charge >= 0.3 is 29.6 Å². The van der Waals surface area contributed by atoms with E-state index < -0.39 is 77.2 Å². The van der Waals surface area contributed by atoms with Crippen LogP contribution in [0, 0.1) is 34.1 Å². The van der Waals surface area contributed by atoms with Gasteiger partial charge in [0.25, 0.3) is 0 Å². The first-order chi connectivity index (χ1) is 19.7. The van der Waals surface area contributed by atoms with Crippen molar-refractivity contribution in [1.82, 2.24) is 28.9 Å². The van der Waals surface area contributed by atoms with Crippen molar-refractivity contribution in [2.24, 2.45) is 0 Å². The van der Waals surface area contributed by atoms with Crippen LogP contribution in [0.5, 0.6) is 0 Å². The Balaban J connectivity index is 2.40. The van der Waals surface area contributed by atoms with E-state index >= 15 is 0 Å². The van der Waals surface area contributed by atoms with Gasteiger partial charge in [-0.1, -0.05) is 0 Å². The summed E-state index contributed by atoms with van der Waals surface area (Å²) in [6.45, 7) is 1.42. The number of hydrogen-bond donors (Lipinski definition) is 2. The van der Waals surface area contributed by atoms with Crippen LogP contribution in [0.2, 0.25) is 0 Å². The average molecular weight is 595 g/mol. The molecular weight excluding hydrogens is 564 g/mol. The number of nitrogens with zero attached hydrogens (tertiary/aromatic N) is 8. The van der Waals surface area contributed by atoms with Gasteiger partial charge in [0.2, 0.25) is 11.8 Å². The van der Waals surface area contributed by atoms with E-state index in [0.717, 1.165) is 21.5 Å². The molecule has 0 aromatic carbocycles.